The number of alkyl halides is 2. The van der Waals surface area contributed by atoms with Crippen molar-refractivity contribution in [2.45, 2.75) is 51.7 Å². The van der Waals surface area contributed by atoms with Gasteiger partial charge < -0.3 is 13.7 Å². The second-order valence-electron chi connectivity index (χ2n) is 10.1. The summed E-state index contributed by atoms with van der Waals surface area (Å²) in [7, 11) is 0. The minimum atomic E-state index is -2.88. The molecule has 5 heterocycles. The Kier molecular flexibility index (Phi) is 6.74. The summed E-state index contributed by atoms with van der Waals surface area (Å²) >= 11 is 0. The highest BCUT2D eigenvalue weighted by Gasteiger charge is 2.24. The van der Waals surface area contributed by atoms with Gasteiger partial charge in [0.05, 0.1) is 35.6 Å². The highest BCUT2D eigenvalue weighted by molar-refractivity contribution is 5.80. The standard InChI is InChI=1S/C27H26F3N7O3/c1-15(2)35-7-5-19(6-8-35)37-13-17(12-32-37)20-9-23-22(10-21(20)28)36(27(38)39-23)14-18-4-3-16(11-31-18)25-33-34-26(40-25)24(29)30/h3-4,9-13,15,19,24H,5-8,14H2,1-2H3. The minimum absolute atomic E-state index is 0.00399. The zero-order valence-corrected chi connectivity index (χ0v) is 21.8. The Hall–Kier alpha value is -4.26. The normalized spacial score (nSPS) is 15.2. The van der Waals surface area contributed by atoms with E-state index >= 15 is 4.39 Å². The van der Waals surface area contributed by atoms with Crippen LogP contribution in [0, 0.1) is 5.82 Å². The Morgan fingerprint density at radius 1 is 1.05 bits per heavy atom. The van der Waals surface area contributed by atoms with E-state index < -0.39 is 23.9 Å². The zero-order chi connectivity index (χ0) is 28.0. The summed E-state index contributed by atoms with van der Waals surface area (Å²) < 4.78 is 54.3. The first-order valence-corrected chi connectivity index (χ1v) is 12.9. The maximum atomic E-state index is 15.3. The monoisotopic (exact) mass is 553 g/mol. The average Bonchev–Trinajstić information content (AvgIpc) is 3.69. The molecule has 0 atom stereocenters. The Balaban J connectivity index is 1.22. The smallest absolute Gasteiger partial charge is 0.415 e. The quantitative estimate of drug-likeness (QED) is 0.275. The summed E-state index contributed by atoms with van der Waals surface area (Å²) in [6, 6.07) is 6.68. The van der Waals surface area contributed by atoms with Gasteiger partial charge in [0.15, 0.2) is 5.58 Å². The van der Waals surface area contributed by atoms with E-state index in [0.717, 1.165) is 25.9 Å². The zero-order valence-electron chi connectivity index (χ0n) is 21.8. The number of halogens is 3. The molecule has 4 aromatic heterocycles. The van der Waals surface area contributed by atoms with Gasteiger partial charge in [0, 0.05) is 48.7 Å². The molecule has 0 radical (unpaired) electrons. The number of likely N-dealkylation sites (tertiary alicyclic amines) is 1. The van der Waals surface area contributed by atoms with Gasteiger partial charge in [0.2, 0.25) is 5.89 Å². The van der Waals surface area contributed by atoms with Crippen molar-refractivity contribution >= 4 is 11.1 Å². The number of hydrogen-bond donors (Lipinski definition) is 0. The van der Waals surface area contributed by atoms with Crippen molar-refractivity contribution in [2.24, 2.45) is 0 Å². The van der Waals surface area contributed by atoms with Crippen molar-refractivity contribution in [1.29, 1.82) is 0 Å². The number of fused-ring (bicyclic) bond motifs is 1. The molecule has 1 fully saturated rings. The van der Waals surface area contributed by atoms with Gasteiger partial charge in [0.1, 0.15) is 5.82 Å². The van der Waals surface area contributed by atoms with Crippen molar-refractivity contribution in [3.05, 3.63) is 70.8 Å². The van der Waals surface area contributed by atoms with E-state index in [-0.39, 0.29) is 29.6 Å². The van der Waals surface area contributed by atoms with Gasteiger partial charge in [0.25, 0.3) is 5.89 Å². The molecule has 0 saturated carbocycles. The van der Waals surface area contributed by atoms with E-state index in [1.807, 2.05) is 10.9 Å². The molecule has 6 rings (SSSR count). The van der Waals surface area contributed by atoms with E-state index in [0.29, 0.717) is 28.4 Å². The van der Waals surface area contributed by atoms with Gasteiger partial charge in [-0.25, -0.2) is 9.18 Å². The van der Waals surface area contributed by atoms with Crippen molar-refractivity contribution in [3.63, 3.8) is 0 Å². The molecule has 10 nitrogen and oxygen atoms in total. The number of benzene rings is 1. The summed E-state index contributed by atoms with van der Waals surface area (Å²) in [4.78, 5) is 19.4. The average molecular weight is 554 g/mol. The molecule has 13 heteroatoms. The van der Waals surface area contributed by atoms with Crippen LogP contribution in [-0.2, 0) is 6.54 Å². The first-order chi connectivity index (χ1) is 19.3. The van der Waals surface area contributed by atoms with Crippen LogP contribution in [0.3, 0.4) is 0 Å². The van der Waals surface area contributed by atoms with Crippen LogP contribution < -0.4 is 5.76 Å². The molecular weight excluding hydrogens is 527 g/mol. The third-order valence-electron chi connectivity index (χ3n) is 7.29. The largest absolute Gasteiger partial charge is 0.420 e. The molecular formula is C27H26F3N7O3. The molecule has 40 heavy (non-hydrogen) atoms. The number of oxazole rings is 1. The van der Waals surface area contributed by atoms with E-state index in [4.69, 9.17) is 8.83 Å². The van der Waals surface area contributed by atoms with Crippen LogP contribution in [0.2, 0.25) is 0 Å². The lowest BCUT2D eigenvalue weighted by molar-refractivity contribution is 0.116. The first-order valence-electron chi connectivity index (χ1n) is 12.9. The molecule has 1 aliphatic rings. The highest BCUT2D eigenvalue weighted by atomic mass is 19.3. The van der Waals surface area contributed by atoms with Crippen LogP contribution in [0.4, 0.5) is 13.2 Å². The van der Waals surface area contributed by atoms with E-state index in [1.165, 1.54) is 22.9 Å². The fourth-order valence-electron chi connectivity index (χ4n) is 5.04. The molecule has 0 spiro atoms. The Labute approximate surface area is 226 Å². The Morgan fingerprint density at radius 2 is 1.85 bits per heavy atom. The fraction of sp³-hybridized carbons (Fsp3) is 0.370. The van der Waals surface area contributed by atoms with Gasteiger partial charge >= 0.3 is 12.2 Å². The van der Waals surface area contributed by atoms with Crippen LogP contribution in [0.15, 0.2) is 56.5 Å². The number of pyridine rings is 1. The molecule has 5 aromatic rings. The van der Waals surface area contributed by atoms with Crippen LogP contribution in [-0.4, -0.2) is 53.6 Å². The van der Waals surface area contributed by atoms with E-state index in [1.54, 1.807) is 18.3 Å². The molecule has 0 aliphatic carbocycles. The lowest BCUT2D eigenvalue weighted by Crippen LogP contribution is -2.39. The predicted octanol–water partition coefficient (Wildman–Crippen LogP) is 5.07. The fourth-order valence-corrected chi connectivity index (χ4v) is 5.04. The topological polar surface area (TPSA) is 108 Å². The summed E-state index contributed by atoms with van der Waals surface area (Å²) in [6.45, 7) is 6.37. The molecule has 1 aliphatic heterocycles. The third-order valence-corrected chi connectivity index (χ3v) is 7.29. The SMILES string of the molecule is CC(C)N1CCC(n2cc(-c3cc4oc(=O)n(Cc5ccc(-c6nnc(C(F)F)o6)cn5)c4cc3F)cn2)CC1. The lowest BCUT2D eigenvalue weighted by atomic mass is 10.0. The van der Waals surface area contributed by atoms with Crippen LogP contribution >= 0.6 is 0 Å². The number of piperidine rings is 1. The molecule has 0 N–H and O–H groups in total. The Morgan fingerprint density at radius 3 is 2.52 bits per heavy atom. The maximum Gasteiger partial charge on any atom is 0.420 e. The van der Waals surface area contributed by atoms with Gasteiger partial charge in [-0.1, -0.05) is 0 Å². The highest BCUT2D eigenvalue weighted by Crippen LogP contribution is 2.30. The molecule has 208 valence electrons. The number of rotatable bonds is 7. The van der Waals surface area contributed by atoms with Crippen LogP contribution in [0.5, 0.6) is 0 Å². The summed E-state index contributed by atoms with van der Waals surface area (Å²) in [5.41, 5.74) is 2.22. The van der Waals surface area contributed by atoms with Gasteiger partial charge in [-0.15, -0.1) is 10.2 Å². The lowest BCUT2D eigenvalue weighted by Gasteiger charge is -2.34. The third kappa shape index (κ3) is 4.92. The molecule has 1 aromatic carbocycles. The van der Waals surface area contributed by atoms with Crippen molar-refractivity contribution < 1.29 is 22.0 Å². The molecule has 1 saturated heterocycles. The maximum absolute atomic E-state index is 15.3. The number of nitrogens with zero attached hydrogens (tertiary/aromatic N) is 7. The van der Waals surface area contributed by atoms with Crippen LogP contribution in [0.25, 0.3) is 33.7 Å². The second-order valence-corrected chi connectivity index (χ2v) is 10.1. The summed E-state index contributed by atoms with van der Waals surface area (Å²) in [6.07, 6.45) is 3.91. The molecule has 0 amide bonds. The van der Waals surface area contributed by atoms with Crippen molar-refractivity contribution in [2.75, 3.05) is 13.1 Å². The predicted molar refractivity (Wildman–Crippen MR) is 138 cm³/mol. The van der Waals surface area contributed by atoms with E-state index in [9.17, 15) is 13.6 Å². The van der Waals surface area contributed by atoms with Gasteiger partial charge in [-0.2, -0.15) is 13.9 Å². The number of hydrogen-bond acceptors (Lipinski definition) is 8. The van der Waals surface area contributed by atoms with E-state index in [2.05, 4.69) is 39.0 Å². The van der Waals surface area contributed by atoms with Gasteiger partial charge in [-0.3, -0.25) is 14.2 Å². The molecule has 0 unspecified atom stereocenters. The second kappa shape index (κ2) is 10.4. The summed E-state index contributed by atoms with van der Waals surface area (Å²) in [5.74, 6) is -2.05. The van der Waals surface area contributed by atoms with Gasteiger partial charge in [-0.05, 0) is 44.9 Å². The van der Waals surface area contributed by atoms with Crippen molar-refractivity contribution in [1.82, 2.24) is 34.4 Å². The Bertz CT molecular complexity index is 1700. The van der Waals surface area contributed by atoms with Crippen LogP contribution in [0.1, 0.15) is 50.7 Å². The minimum Gasteiger partial charge on any atom is -0.415 e. The number of aromatic nitrogens is 6. The summed E-state index contributed by atoms with van der Waals surface area (Å²) in [5, 5.41) is 11.4. The first kappa shape index (κ1) is 26.0. The molecule has 0 bridgehead atoms. The van der Waals surface area contributed by atoms with Crippen molar-refractivity contribution in [3.8, 4) is 22.6 Å².